The van der Waals surface area contributed by atoms with Crippen molar-refractivity contribution in [1.29, 1.82) is 0 Å². The molecule has 7 nitrogen and oxygen atoms in total. The molecule has 3 N–H and O–H groups in total. The molecule has 4 rings (SSSR count). The van der Waals surface area contributed by atoms with E-state index >= 15 is 0 Å². The second kappa shape index (κ2) is 12.9. The van der Waals surface area contributed by atoms with Crippen LogP contribution in [-0.2, 0) is 16.6 Å². The molecule has 0 aliphatic heterocycles. The Hall–Kier alpha value is -3.05. The molecule has 3 aromatic rings. The van der Waals surface area contributed by atoms with Gasteiger partial charge in [0.2, 0.25) is 5.95 Å². The van der Waals surface area contributed by atoms with Gasteiger partial charge in [-0.05, 0) is 68.4 Å². The number of aryl methyl sites for hydroxylation is 1. The van der Waals surface area contributed by atoms with E-state index in [-0.39, 0.29) is 26.7 Å². The maximum atomic E-state index is 13.0. The normalized spacial score (nSPS) is 18.1. The van der Waals surface area contributed by atoms with Crippen LogP contribution >= 0.6 is 11.3 Å². The zero-order valence-electron chi connectivity index (χ0n) is 20.5. The largest absolute Gasteiger partial charge is 0.481 e. The number of nitrogens with one attached hydrogen (secondary N) is 1. The third-order valence-electron chi connectivity index (χ3n) is 6.62. The number of rotatable bonds is 6. The summed E-state index contributed by atoms with van der Waals surface area (Å²) >= 11 is 1.31. The molecule has 213 valence electrons. The third kappa shape index (κ3) is 7.76. The van der Waals surface area contributed by atoms with Gasteiger partial charge in [0.15, 0.2) is 0 Å². The first kappa shape index (κ1) is 32.2. The third-order valence-corrected chi connectivity index (χ3v) is 7.90. The Kier molecular flexibility index (Phi) is 10.6. The summed E-state index contributed by atoms with van der Waals surface area (Å²) in [7, 11) is 0. The van der Waals surface area contributed by atoms with Gasteiger partial charge in [-0.2, -0.15) is 13.2 Å². The first-order valence-corrected chi connectivity index (χ1v) is 12.8. The number of hydrogen-bond donors (Lipinski definition) is 3. The highest BCUT2D eigenvalue weighted by Crippen LogP contribution is 2.43. The van der Waals surface area contributed by atoms with Crippen molar-refractivity contribution in [2.24, 2.45) is 5.92 Å². The van der Waals surface area contributed by atoms with Gasteiger partial charge in [0.05, 0.1) is 10.8 Å². The smallest absolute Gasteiger partial charge is 0.433 e. The number of carbonyl (C=O) groups is 1. The zero-order chi connectivity index (χ0) is 26.8. The summed E-state index contributed by atoms with van der Waals surface area (Å²) in [5.74, 6) is -0.917. The molecular weight excluding hydrogens is 529 g/mol. The monoisotopic (exact) mass is 565 g/mol. The molecule has 2 heterocycles. The van der Waals surface area contributed by atoms with E-state index in [9.17, 15) is 28.2 Å². The van der Waals surface area contributed by atoms with Crippen LogP contribution in [0.3, 0.4) is 0 Å². The van der Waals surface area contributed by atoms with Crippen molar-refractivity contribution < 1.29 is 28.2 Å². The van der Waals surface area contributed by atoms with Gasteiger partial charge < -0.3 is 15.5 Å². The minimum Gasteiger partial charge on any atom is -0.481 e. The molecule has 2 unspecified atom stereocenters. The van der Waals surface area contributed by atoms with Crippen LogP contribution in [0.25, 0.3) is 10.4 Å². The Labute approximate surface area is 231 Å². The van der Waals surface area contributed by atoms with E-state index in [2.05, 4.69) is 20.3 Å². The van der Waals surface area contributed by atoms with Crippen molar-refractivity contribution in [3.8, 4) is 10.4 Å². The van der Waals surface area contributed by atoms with Crippen LogP contribution in [0.15, 0.2) is 36.7 Å². The molecule has 0 bridgehead atoms. The van der Waals surface area contributed by atoms with Gasteiger partial charge in [-0.3, -0.25) is 4.79 Å². The summed E-state index contributed by atoms with van der Waals surface area (Å²) in [4.78, 5) is 24.4. The fourth-order valence-electron chi connectivity index (χ4n) is 4.60. The van der Waals surface area contributed by atoms with Crippen LogP contribution < -0.4 is 5.32 Å². The lowest BCUT2D eigenvalue weighted by atomic mass is 9.76. The molecule has 1 aliphatic carbocycles. The fraction of sp³-hybridized carbons (Fsp3) is 0.464. The average Bonchev–Trinajstić information content (AvgIpc) is 3.29. The maximum Gasteiger partial charge on any atom is 0.433 e. The zero-order valence-corrected chi connectivity index (χ0v) is 21.3. The Morgan fingerprint density at radius 2 is 1.87 bits per heavy atom. The molecule has 1 saturated carbocycles. The average molecular weight is 566 g/mol. The molecule has 1 aliphatic rings. The topological polar surface area (TPSA) is 108 Å². The van der Waals surface area contributed by atoms with Crippen molar-refractivity contribution in [3.63, 3.8) is 0 Å². The van der Waals surface area contributed by atoms with Crippen molar-refractivity contribution in [2.75, 3.05) is 5.32 Å². The van der Waals surface area contributed by atoms with E-state index in [4.69, 9.17) is 0 Å². The predicted molar refractivity (Wildman–Crippen MR) is 148 cm³/mol. The molecule has 0 saturated heterocycles. The highest BCUT2D eigenvalue weighted by molar-refractivity contribution is 7.15. The number of carboxylic acids is 1. The Balaban J connectivity index is 0.00000267. The summed E-state index contributed by atoms with van der Waals surface area (Å²) in [5, 5.41) is 24.4. The molecule has 0 amide bonds. The number of aliphatic hydroxyl groups is 1. The van der Waals surface area contributed by atoms with Crippen LogP contribution in [-0.4, -0.2) is 31.1 Å². The molecular formula is C28H36F3N4O3S. The summed E-state index contributed by atoms with van der Waals surface area (Å²) < 4.78 is 39.1. The Bertz CT molecular complexity index is 1260. The lowest BCUT2D eigenvalue weighted by Crippen LogP contribution is -2.34. The molecule has 11 heteroatoms. The highest BCUT2D eigenvalue weighted by atomic mass is 32.1. The first-order valence-electron chi connectivity index (χ1n) is 12.0. The van der Waals surface area contributed by atoms with Crippen molar-refractivity contribution in [2.45, 2.75) is 79.0 Å². The van der Waals surface area contributed by atoms with Gasteiger partial charge in [-0.1, -0.05) is 40.2 Å². The van der Waals surface area contributed by atoms with Crippen molar-refractivity contribution in [1.82, 2.24) is 15.0 Å². The number of halogens is 3. The second-order valence-electron chi connectivity index (χ2n) is 9.56. The Morgan fingerprint density at radius 3 is 2.56 bits per heavy atom. The van der Waals surface area contributed by atoms with Gasteiger partial charge in [0.1, 0.15) is 16.3 Å². The van der Waals surface area contributed by atoms with Gasteiger partial charge >= 0.3 is 12.1 Å². The SMILES string of the molecule is C.C.Cc1cc(Nc2nccc(C(F)(F)F)n2)cc(-c2cnc(C(C)(O)C3CCCCC[C](C(=O)O)C3)s2)c1. The molecule has 1 aromatic carbocycles. The van der Waals surface area contributed by atoms with E-state index in [1.165, 1.54) is 11.3 Å². The standard InChI is InChI=1S/C26H28F3N4O3S.2CH4/c1-15-10-17(13-19(11-15)32-24-30-9-8-21(33-24)26(27,28)29)20-14-31-23(37-20)25(2,36)18-7-5-3-4-6-16(12-18)22(34)35;;/h8-11,13-14,18,36H,3-7,12H2,1-2H3,(H,34,35)(H,30,32,33);2*1H4. The van der Waals surface area contributed by atoms with Crippen LogP contribution in [0, 0.1) is 18.8 Å². The lowest BCUT2D eigenvalue weighted by Gasteiger charge is -2.34. The Morgan fingerprint density at radius 1 is 1.13 bits per heavy atom. The van der Waals surface area contributed by atoms with Crippen molar-refractivity contribution in [3.05, 3.63) is 58.8 Å². The van der Waals surface area contributed by atoms with Crippen molar-refractivity contribution >= 4 is 28.9 Å². The number of thiazole rings is 1. The number of aromatic nitrogens is 3. The van der Waals surface area contributed by atoms with Crippen LogP contribution in [0.5, 0.6) is 0 Å². The molecule has 0 spiro atoms. The van der Waals surface area contributed by atoms with E-state index in [1.807, 2.05) is 13.0 Å². The van der Waals surface area contributed by atoms with E-state index in [0.29, 0.717) is 35.9 Å². The number of aliphatic carboxylic acids is 1. The van der Waals surface area contributed by atoms with Gasteiger partial charge in [-0.15, -0.1) is 11.3 Å². The molecule has 1 fully saturated rings. The molecule has 2 aromatic heterocycles. The second-order valence-corrected chi connectivity index (χ2v) is 10.6. The predicted octanol–water partition coefficient (Wildman–Crippen LogP) is 7.78. The number of hydrogen-bond acceptors (Lipinski definition) is 7. The number of carboxylic acid groups (broad SMARTS) is 1. The summed E-state index contributed by atoms with van der Waals surface area (Å²) in [5.41, 5.74) is -0.210. The van der Waals surface area contributed by atoms with Gasteiger partial charge in [0.25, 0.3) is 0 Å². The minimum absolute atomic E-state index is 0. The number of nitrogens with zero attached hydrogens (tertiary/aromatic N) is 3. The molecule has 1 radical (unpaired) electrons. The number of benzene rings is 1. The van der Waals surface area contributed by atoms with E-state index < -0.39 is 23.4 Å². The number of alkyl halides is 3. The van der Waals surface area contributed by atoms with Crippen LogP contribution in [0.2, 0.25) is 0 Å². The lowest BCUT2D eigenvalue weighted by molar-refractivity contribution is -0.141. The summed E-state index contributed by atoms with van der Waals surface area (Å²) in [6, 6.07) is 6.25. The van der Waals surface area contributed by atoms with Gasteiger partial charge in [0, 0.05) is 18.1 Å². The van der Waals surface area contributed by atoms with Crippen LogP contribution in [0.4, 0.5) is 24.8 Å². The summed E-state index contributed by atoms with van der Waals surface area (Å²) in [6.45, 7) is 3.55. The summed E-state index contributed by atoms with van der Waals surface area (Å²) in [6.07, 6.45) is 2.34. The maximum absolute atomic E-state index is 13.0. The number of anilines is 2. The molecule has 39 heavy (non-hydrogen) atoms. The van der Waals surface area contributed by atoms with E-state index in [1.54, 1.807) is 25.3 Å². The minimum atomic E-state index is -4.58. The van der Waals surface area contributed by atoms with E-state index in [0.717, 1.165) is 47.5 Å². The van der Waals surface area contributed by atoms with Gasteiger partial charge in [-0.25, -0.2) is 15.0 Å². The first-order chi connectivity index (χ1) is 17.4. The molecule has 2 atom stereocenters. The fourth-order valence-corrected chi connectivity index (χ4v) is 5.63. The van der Waals surface area contributed by atoms with Crippen LogP contribution in [0.1, 0.15) is 76.6 Å². The quantitative estimate of drug-likeness (QED) is 0.280. The highest BCUT2D eigenvalue weighted by Gasteiger charge is 2.39.